The lowest BCUT2D eigenvalue weighted by molar-refractivity contribution is -0.153. The maximum Gasteiger partial charge on any atom is 0.422 e. The summed E-state index contributed by atoms with van der Waals surface area (Å²) in [4.78, 5) is 0. The summed E-state index contributed by atoms with van der Waals surface area (Å²) in [7, 11) is 1.93. The molecule has 1 rings (SSSR count). The van der Waals surface area contributed by atoms with Gasteiger partial charge >= 0.3 is 6.18 Å². The molecule has 0 saturated heterocycles. The second kappa shape index (κ2) is 7.89. The van der Waals surface area contributed by atoms with Crippen LogP contribution in [-0.4, -0.2) is 26.4 Å². The van der Waals surface area contributed by atoms with Crippen LogP contribution in [0.1, 0.15) is 6.92 Å². The van der Waals surface area contributed by atoms with Crippen molar-refractivity contribution in [1.29, 1.82) is 0 Å². The second-order valence-electron chi connectivity index (χ2n) is 3.06. The highest BCUT2D eigenvalue weighted by atomic mass is 19.4. The molecule has 0 radical (unpaired) electrons. The molecule has 0 aliphatic carbocycles. The van der Waals surface area contributed by atoms with Crippen LogP contribution in [0.2, 0.25) is 0 Å². The van der Waals surface area contributed by atoms with Crippen molar-refractivity contribution in [1.82, 2.24) is 5.32 Å². The monoisotopic (exact) mass is 253 g/mol. The van der Waals surface area contributed by atoms with E-state index in [0.29, 0.717) is 0 Å². The van der Waals surface area contributed by atoms with Crippen LogP contribution >= 0.6 is 0 Å². The Labute approximate surface area is 97.6 Å². The van der Waals surface area contributed by atoms with Gasteiger partial charge in [-0.25, -0.2) is 4.39 Å². The SMILES string of the molecule is CCNC.Fc1ccc(OCC(F)(F)F)cc1. The van der Waals surface area contributed by atoms with Crippen LogP contribution in [0.3, 0.4) is 0 Å². The fourth-order valence-electron chi connectivity index (χ4n) is 0.696. The van der Waals surface area contributed by atoms with Crippen molar-refractivity contribution < 1.29 is 22.3 Å². The molecule has 1 aromatic carbocycles. The molecule has 2 nitrogen and oxygen atoms in total. The van der Waals surface area contributed by atoms with E-state index in [9.17, 15) is 17.6 Å². The molecule has 0 heterocycles. The first-order valence-electron chi connectivity index (χ1n) is 4.98. The molecule has 6 heteroatoms. The van der Waals surface area contributed by atoms with E-state index in [1.165, 1.54) is 0 Å². The summed E-state index contributed by atoms with van der Waals surface area (Å²) < 4.78 is 51.5. The minimum Gasteiger partial charge on any atom is -0.484 e. The van der Waals surface area contributed by atoms with Gasteiger partial charge in [0.1, 0.15) is 11.6 Å². The predicted octanol–water partition coefficient (Wildman–Crippen LogP) is 2.99. The maximum absolute atomic E-state index is 12.3. The molecule has 0 amide bonds. The lowest BCUT2D eigenvalue weighted by Crippen LogP contribution is -2.19. The normalized spacial score (nSPS) is 10.5. The fraction of sp³-hybridized carbons (Fsp3) is 0.455. The molecular formula is C11H15F4NO. The predicted molar refractivity (Wildman–Crippen MR) is 57.6 cm³/mol. The molecule has 1 N–H and O–H groups in total. The van der Waals surface area contributed by atoms with Gasteiger partial charge in [-0.05, 0) is 37.9 Å². The van der Waals surface area contributed by atoms with E-state index >= 15 is 0 Å². The zero-order chi connectivity index (χ0) is 13.3. The summed E-state index contributed by atoms with van der Waals surface area (Å²) in [6, 6.07) is 4.35. The zero-order valence-electron chi connectivity index (χ0n) is 9.64. The molecule has 17 heavy (non-hydrogen) atoms. The highest BCUT2D eigenvalue weighted by Gasteiger charge is 2.28. The van der Waals surface area contributed by atoms with Gasteiger partial charge in [0.2, 0.25) is 0 Å². The Bertz CT molecular complexity index is 295. The Balaban J connectivity index is 0.000000557. The van der Waals surface area contributed by atoms with E-state index in [0.717, 1.165) is 30.8 Å². The van der Waals surface area contributed by atoms with Crippen LogP contribution in [0.15, 0.2) is 24.3 Å². The highest BCUT2D eigenvalue weighted by molar-refractivity contribution is 5.22. The second-order valence-corrected chi connectivity index (χ2v) is 3.06. The average Bonchev–Trinajstić information content (AvgIpc) is 2.28. The topological polar surface area (TPSA) is 21.3 Å². The van der Waals surface area contributed by atoms with Crippen molar-refractivity contribution in [2.24, 2.45) is 0 Å². The molecule has 0 saturated carbocycles. The number of ether oxygens (including phenoxy) is 1. The number of hydrogen-bond donors (Lipinski definition) is 1. The van der Waals surface area contributed by atoms with E-state index in [1.807, 2.05) is 7.05 Å². The van der Waals surface area contributed by atoms with Crippen LogP contribution in [0.5, 0.6) is 5.75 Å². The number of nitrogens with one attached hydrogen (secondary N) is 1. The van der Waals surface area contributed by atoms with Gasteiger partial charge < -0.3 is 10.1 Å². The number of alkyl halides is 3. The number of rotatable bonds is 3. The Kier molecular flexibility index (Phi) is 7.29. The first kappa shape index (κ1) is 15.7. The average molecular weight is 253 g/mol. The molecule has 0 fully saturated rings. The molecule has 0 bridgehead atoms. The van der Waals surface area contributed by atoms with Crippen molar-refractivity contribution in [3.8, 4) is 5.75 Å². The molecule has 0 atom stereocenters. The molecule has 0 aliphatic heterocycles. The van der Waals surface area contributed by atoms with Gasteiger partial charge in [0.25, 0.3) is 0 Å². The minimum absolute atomic E-state index is 0.00118. The molecule has 0 unspecified atom stereocenters. The quantitative estimate of drug-likeness (QED) is 0.836. The third-order valence-corrected chi connectivity index (χ3v) is 1.57. The number of halogens is 4. The standard InChI is InChI=1S/C8H6F4O.C3H9N/c9-6-1-3-7(4-2-6)13-5-8(10,11)12;1-3-4-2/h1-4H,5H2;4H,3H2,1-2H3. The summed E-state index contributed by atoms with van der Waals surface area (Å²) in [5.41, 5.74) is 0. The smallest absolute Gasteiger partial charge is 0.422 e. The van der Waals surface area contributed by atoms with E-state index in [-0.39, 0.29) is 5.75 Å². The van der Waals surface area contributed by atoms with Gasteiger partial charge in [-0.1, -0.05) is 6.92 Å². The molecule has 0 aromatic heterocycles. The first-order chi connectivity index (χ1) is 7.89. The molecule has 1 aromatic rings. The van der Waals surface area contributed by atoms with Crippen molar-refractivity contribution in [2.75, 3.05) is 20.2 Å². The highest BCUT2D eigenvalue weighted by Crippen LogP contribution is 2.18. The van der Waals surface area contributed by atoms with Gasteiger partial charge in [-0.2, -0.15) is 13.2 Å². The Morgan fingerprint density at radius 1 is 1.18 bits per heavy atom. The maximum atomic E-state index is 12.3. The van der Waals surface area contributed by atoms with Gasteiger partial charge in [-0.3, -0.25) is 0 Å². The van der Waals surface area contributed by atoms with E-state index in [2.05, 4.69) is 17.0 Å². The fourth-order valence-corrected chi connectivity index (χ4v) is 0.696. The van der Waals surface area contributed by atoms with Crippen molar-refractivity contribution in [3.05, 3.63) is 30.1 Å². The molecule has 98 valence electrons. The van der Waals surface area contributed by atoms with Gasteiger partial charge in [0.15, 0.2) is 6.61 Å². The summed E-state index contributed by atoms with van der Waals surface area (Å²) >= 11 is 0. The molecule has 0 aliphatic rings. The third kappa shape index (κ3) is 9.62. The van der Waals surface area contributed by atoms with Crippen LogP contribution < -0.4 is 10.1 Å². The third-order valence-electron chi connectivity index (χ3n) is 1.57. The number of benzene rings is 1. The summed E-state index contributed by atoms with van der Waals surface area (Å²) in [5, 5.41) is 2.93. The van der Waals surface area contributed by atoms with E-state index in [4.69, 9.17) is 0 Å². The lowest BCUT2D eigenvalue weighted by Gasteiger charge is -2.08. The summed E-state index contributed by atoms with van der Waals surface area (Å²) in [5.74, 6) is -0.516. The zero-order valence-corrected chi connectivity index (χ0v) is 9.64. The van der Waals surface area contributed by atoms with Crippen LogP contribution in [0, 0.1) is 5.82 Å². The Morgan fingerprint density at radius 3 is 2.00 bits per heavy atom. The first-order valence-corrected chi connectivity index (χ1v) is 4.98. The van der Waals surface area contributed by atoms with Crippen LogP contribution in [0.25, 0.3) is 0 Å². The van der Waals surface area contributed by atoms with Gasteiger partial charge in [0.05, 0.1) is 0 Å². The van der Waals surface area contributed by atoms with Crippen LogP contribution in [-0.2, 0) is 0 Å². The largest absolute Gasteiger partial charge is 0.484 e. The Hall–Kier alpha value is -1.30. The summed E-state index contributed by atoms with van der Waals surface area (Å²) in [6.07, 6.45) is -4.37. The van der Waals surface area contributed by atoms with Crippen molar-refractivity contribution in [3.63, 3.8) is 0 Å². The molecular weight excluding hydrogens is 238 g/mol. The van der Waals surface area contributed by atoms with Crippen molar-refractivity contribution >= 4 is 0 Å². The van der Waals surface area contributed by atoms with Gasteiger partial charge in [-0.15, -0.1) is 0 Å². The Morgan fingerprint density at radius 2 is 1.65 bits per heavy atom. The van der Waals surface area contributed by atoms with Crippen LogP contribution in [0.4, 0.5) is 17.6 Å². The van der Waals surface area contributed by atoms with Crippen molar-refractivity contribution in [2.45, 2.75) is 13.1 Å². The number of hydrogen-bond acceptors (Lipinski definition) is 2. The lowest BCUT2D eigenvalue weighted by atomic mass is 10.3. The summed E-state index contributed by atoms with van der Waals surface area (Å²) in [6.45, 7) is 1.78. The van der Waals surface area contributed by atoms with E-state index < -0.39 is 18.6 Å². The molecule has 0 spiro atoms. The van der Waals surface area contributed by atoms with E-state index in [1.54, 1.807) is 0 Å². The minimum atomic E-state index is -4.37. The van der Waals surface area contributed by atoms with Gasteiger partial charge in [0, 0.05) is 0 Å².